The fourth-order valence-electron chi connectivity index (χ4n) is 6.11. The molecule has 0 radical (unpaired) electrons. The Morgan fingerprint density at radius 1 is 0.791 bits per heavy atom. The molecule has 0 aromatic heterocycles. The number of rotatable bonds is 8. The Bertz CT molecular complexity index is 1400. The molecule has 1 N–H and O–H groups in total. The third-order valence-electron chi connectivity index (χ3n) is 8.54. The van der Waals surface area contributed by atoms with Crippen LogP contribution in [-0.2, 0) is 4.79 Å². The SMILES string of the molecule is CCC(C(=O)N1CCCN(c2ccc(NC(=O)c3ccc(OC)cc3)cc2C(=O)N2CCCCC2)CC1)c1ccccc1. The summed E-state index contributed by atoms with van der Waals surface area (Å²) in [6.45, 7) is 6.19. The molecule has 3 amide bonds. The predicted octanol–water partition coefficient (Wildman–Crippen LogP) is 5.81. The highest BCUT2D eigenvalue weighted by Gasteiger charge is 2.29. The molecule has 0 aliphatic carbocycles. The summed E-state index contributed by atoms with van der Waals surface area (Å²) in [5, 5.41) is 2.97. The number of hydrogen-bond acceptors (Lipinski definition) is 5. The number of nitrogens with one attached hydrogen (secondary N) is 1. The molecule has 3 aromatic carbocycles. The number of carbonyl (C=O) groups excluding carboxylic acids is 3. The molecule has 0 saturated carbocycles. The van der Waals surface area contributed by atoms with E-state index in [-0.39, 0.29) is 23.6 Å². The van der Waals surface area contributed by atoms with Gasteiger partial charge in [-0.2, -0.15) is 0 Å². The van der Waals surface area contributed by atoms with Crippen molar-refractivity contribution in [3.8, 4) is 5.75 Å². The maximum atomic E-state index is 13.9. The Balaban J connectivity index is 1.36. The van der Waals surface area contributed by atoms with Crippen molar-refractivity contribution in [2.45, 2.75) is 44.9 Å². The topological polar surface area (TPSA) is 82.2 Å². The zero-order valence-electron chi connectivity index (χ0n) is 25.3. The van der Waals surface area contributed by atoms with Crippen molar-refractivity contribution < 1.29 is 19.1 Å². The highest BCUT2D eigenvalue weighted by molar-refractivity contribution is 6.06. The van der Waals surface area contributed by atoms with Crippen LogP contribution in [0.2, 0.25) is 0 Å². The maximum absolute atomic E-state index is 13.9. The fourth-order valence-corrected chi connectivity index (χ4v) is 6.11. The van der Waals surface area contributed by atoms with Gasteiger partial charge < -0.3 is 24.8 Å². The van der Waals surface area contributed by atoms with Crippen LogP contribution < -0.4 is 15.0 Å². The lowest BCUT2D eigenvalue weighted by Crippen LogP contribution is -2.39. The normalized spacial score (nSPS) is 16.3. The Labute approximate surface area is 254 Å². The van der Waals surface area contributed by atoms with E-state index in [4.69, 9.17) is 4.74 Å². The summed E-state index contributed by atoms with van der Waals surface area (Å²) < 4.78 is 5.20. The molecule has 1 atom stereocenters. The summed E-state index contributed by atoms with van der Waals surface area (Å²) >= 11 is 0. The van der Waals surface area contributed by atoms with Gasteiger partial charge in [-0.1, -0.05) is 37.3 Å². The zero-order valence-corrected chi connectivity index (χ0v) is 25.3. The van der Waals surface area contributed by atoms with Crippen LogP contribution in [-0.4, -0.2) is 73.9 Å². The van der Waals surface area contributed by atoms with E-state index in [9.17, 15) is 14.4 Å². The van der Waals surface area contributed by atoms with Crippen molar-refractivity contribution in [2.24, 2.45) is 0 Å². The maximum Gasteiger partial charge on any atom is 0.256 e. The van der Waals surface area contributed by atoms with Gasteiger partial charge in [0.25, 0.3) is 11.8 Å². The highest BCUT2D eigenvalue weighted by atomic mass is 16.5. The lowest BCUT2D eigenvalue weighted by atomic mass is 9.95. The van der Waals surface area contributed by atoms with Crippen LogP contribution in [0.5, 0.6) is 5.75 Å². The van der Waals surface area contributed by atoms with Crippen LogP contribution >= 0.6 is 0 Å². The number of methoxy groups -OCH3 is 1. The van der Waals surface area contributed by atoms with Crippen molar-refractivity contribution in [1.82, 2.24) is 9.80 Å². The first-order chi connectivity index (χ1) is 21.0. The Morgan fingerprint density at radius 3 is 2.21 bits per heavy atom. The third kappa shape index (κ3) is 7.19. The number of ether oxygens (including phenoxy) is 1. The van der Waals surface area contributed by atoms with Crippen LogP contribution in [0.4, 0.5) is 11.4 Å². The first-order valence-electron chi connectivity index (χ1n) is 15.5. The Kier molecular flexibility index (Phi) is 9.97. The van der Waals surface area contributed by atoms with Crippen LogP contribution in [0.1, 0.15) is 71.2 Å². The molecular weight excluding hydrogens is 540 g/mol. The molecule has 0 spiro atoms. The second-order valence-corrected chi connectivity index (χ2v) is 11.3. The lowest BCUT2D eigenvalue weighted by molar-refractivity contribution is -0.132. The van der Waals surface area contributed by atoms with E-state index < -0.39 is 0 Å². The van der Waals surface area contributed by atoms with E-state index in [0.717, 1.165) is 63.0 Å². The minimum absolute atomic E-state index is 0.0115. The van der Waals surface area contributed by atoms with Crippen LogP contribution in [0.15, 0.2) is 72.8 Å². The van der Waals surface area contributed by atoms with Crippen molar-refractivity contribution in [1.29, 1.82) is 0 Å². The number of nitrogens with zero attached hydrogens (tertiary/aromatic N) is 3. The van der Waals surface area contributed by atoms with Crippen molar-refractivity contribution in [3.05, 3.63) is 89.5 Å². The molecule has 2 aliphatic heterocycles. The molecule has 2 heterocycles. The molecular formula is C35H42N4O4. The van der Waals surface area contributed by atoms with Crippen molar-refractivity contribution in [2.75, 3.05) is 56.6 Å². The molecule has 3 aromatic rings. The summed E-state index contributed by atoms with van der Waals surface area (Å²) in [5.74, 6) is 0.426. The summed E-state index contributed by atoms with van der Waals surface area (Å²) in [6.07, 6.45) is 4.68. The van der Waals surface area contributed by atoms with Gasteiger partial charge in [-0.25, -0.2) is 0 Å². The van der Waals surface area contributed by atoms with Gasteiger partial charge in [0.2, 0.25) is 5.91 Å². The summed E-state index contributed by atoms with van der Waals surface area (Å²) in [6, 6.07) is 22.6. The van der Waals surface area contributed by atoms with E-state index in [2.05, 4.69) is 17.1 Å². The molecule has 0 bridgehead atoms. The van der Waals surface area contributed by atoms with Gasteiger partial charge in [0.1, 0.15) is 5.75 Å². The molecule has 2 fully saturated rings. The van der Waals surface area contributed by atoms with Gasteiger partial charge >= 0.3 is 0 Å². The monoisotopic (exact) mass is 582 g/mol. The van der Waals surface area contributed by atoms with E-state index in [1.165, 1.54) is 0 Å². The number of hydrogen-bond donors (Lipinski definition) is 1. The number of amides is 3. The van der Waals surface area contributed by atoms with Crippen molar-refractivity contribution in [3.63, 3.8) is 0 Å². The molecule has 2 aliphatic rings. The molecule has 8 heteroatoms. The minimum Gasteiger partial charge on any atom is -0.497 e. The van der Waals surface area contributed by atoms with E-state index >= 15 is 0 Å². The van der Waals surface area contributed by atoms with Gasteiger partial charge in [0.15, 0.2) is 0 Å². The molecule has 1 unspecified atom stereocenters. The summed E-state index contributed by atoms with van der Waals surface area (Å²) in [4.78, 5) is 46.7. The number of carbonyl (C=O) groups is 3. The van der Waals surface area contributed by atoms with Crippen LogP contribution in [0.25, 0.3) is 0 Å². The highest BCUT2D eigenvalue weighted by Crippen LogP contribution is 2.29. The van der Waals surface area contributed by atoms with E-state index in [1.54, 1.807) is 31.4 Å². The third-order valence-corrected chi connectivity index (χ3v) is 8.54. The largest absolute Gasteiger partial charge is 0.497 e. The smallest absolute Gasteiger partial charge is 0.256 e. The van der Waals surface area contributed by atoms with Crippen molar-refractivity contribution >= 4 is 29.1 Å². The minimum atomic E-state index is -0.250. The number of piperidine rings is 1. The van der Waals surface area contributed by atoms with Gasteiger partial charge in [-0.15, -0.1) is 0 Å². The second-order valence-electron chi connectivity index (χ2n) is 11.3. The molecule has 8 nitrogen and oxygen atoms in total. The fraction of sp³-hybridized carbons (Fsp3) is 0.400. The molecule has 2 saturated heterocycles. The first kappa shape index (κ1) is 30.1. The second kappa shape index (κ2) is 14.2. The van der Waals surface area contributed by atoms with Gasteiger partial charge in [-0.3, -0.25) is 14.4 Å². The number of likely N-dealkylation sites (tertiary alicyclic amines) is 1. The summed E-state index contributed by atoms with van der Waals surface area (Å²) in [5.41, 5.74) is 3.57. The lowest BCUT2D eigenvalue weighted by Gasteiger charge is -2.31. The molecule has 43 heavy (non-hydrogen) atoms. The average molecular weight is 583 g/mol. The first-order valence-corrected chi connectivity index (χ1v) is 15.5. The number of benzene rings is 3. The van der Waals surface area contributed by atoms with Crippen LogP contribution in [0.3, 0.4) is 0 Å². The quantitative estimate of drug-likeness (QED) is 0.363. The Hall–Kier alpha value is -4.33. The van der Waals surface area contributed by atoms with Crippen LogP contribution in [0, 0.1) is 0 Å². The van der Waals surface area contributed by atoms with E-state index in [0.29, 0.717) is 42.2 Å². The zero-order chi connectivity index (χ0) is 30.2. The van der Waals surface area contributed by atoms with Gasteiger partial charge in [0.05, 0.1) is 18.6 Å². The molecule has 5 rings (SSSR count). The summed E-state index contributed by atoms with van der Waals surface area (Å²) in [7, 11) is 1.59. The Morgan fingerprint density at radius 2 is 1.51 bits per heavy atom. The number of anilines is 2. The average Bonchev–Trinajstić information content (AvgIpc) is 3.32. The van der Waals surface area contributed by atoms with Gasteiger partial charge in [-0.05, 0) is 80.1 Å². The standard InChI is InChI=1S/C35H42N4O4/c1-3-30(26-11-6-4-7-12-26)34(41)39-22-10-21-37(23-24-39)32-18-15-28(25-31(32)35(42)38-19-8-5-9-20-38)36-33(40)27-13-16-29(43-2)17-14-27/h4,6-7,11-18,25,30H,3,5,8-10,19-24H2,1-2H3,(H,36,40). The molecule has 226 valence electrons. The van der Waals surface area contributed by atoms with Gasteiger partial charge in [0, 0.05) is 56.2 Å². The van der Waals surface area contributed by atoms with E-state index in [1.807, 2.05) is 58.3 Å². The predicted molar refractivity (Wildman–Crippen MR) is 170 cm³/mol.